The van der Waals surface area contributed by atoms with E-state index in [0.717, 1.165) is 16.5 Å². The van der Waals surface area contributed by atoms with Crippen molar-refractivity contribution in [3.05, 3.63) is 96.1 Å². The Kier molecular flexibility index (Phi) is 4.66. The lowest BCUT2D eigenvalue weighted by molar-refractivity contribution is -0.601. The van der Waals surface area contributed by atoms with E-state index in [1.54, 1.807) is 0 Å². The molecule has 0 amide bonds. The Bertz CT molecular complexity index is 1480. The van der Waals surface area contributed by atoms with Crippen molar-refractivity contribution >= 4 is 21.7 Å². The molecular formula is C26H19F3N3+. The largest absolute Gasteiger partial charge is 0.416 e. The van der Waals surface area contributed by atoms with Crippen molar-refractivity contribution in [2.75, 3.05) is 0 Å². The number of aryl methyl sites for hydroxylation is 1. The maximum atomic E-state index is 13.9. The van der Waals surface area contributed by atoms with Crippen molar-refractivity contribution in [1.82, 2.24) is 9.97 Å². The normalized spacial score (nSPS) is 11.9. The van der Waals surface area contributed by atoms with Crippen LogP contribution in [0, 0.1) is 13.8 Å². The molecule has 2 heterocycles. The summed E-state index contributed by atoms with van der Waals surface area (Å²) in [6.45, 7) is 3.73. The number of aromatic nitrogens is 3. The zero-order valence-corrected chi connectivity index (χ0v) is 17.5. The maximum absolute atomic E-state index is 13.9. The second-order valence-corrected chi connectivity index (χ2v) is 7.82. The minimum atomic E-state index is -4.49. The molecule has 0 N–H and O–H groups in total. The summed E-state index contributed by atoms with van der Waals surface area (Å²) in [4.78, 5) is 8.64. The van der Waals surface area contributed by atoms with E-state index in [0.29, 0.717) is 33.4 Å². The van der Waals surface area contributed by atoms with E-state index in [4.69, 9.17) is 0 Å². The van der Waals surface area contributed by atoms with E-state index < -0.39 is 11.7 Å². The summed E-state index contributed by atoms with van der Waals surface area (Å²) in [5.41, 5.74) is 2.92. The molecule has 0 radical (unpaired) electrons. The third kappa shape index (κ3) is 3.38. The van der Waals surface area contributed by atoms with Crippen LogP contribution in [0.4, 0.5) is 13.2 Å². The lowest BCUT2D eigenvalue weighted by Crippen LogP contribution is -2.35. The van der Waals surface area contributed by atoms with Gasteiger partial charge in [0, 0.05) is 41.0 Å². The number of pyridine rings is 1. The van der Waals surface area contributed by atoms with Crippen LogP contribution in [-0.2, 0) is 6.18 Å². The average Bonchev–Trinajstić information content (AvgIpc) is 2.78. The molecule has 3 aromatic carbocycles. The summed E-state index contributed by atoms with van der Waals surface area (Å²) < 4.78 is 43.6. The number of hydrogen-bond acceptors (Lipinski definition) is 2. The van der Waals surface area contributed by atoms with Crippen molar-refractivity contribution < 1.29 is 17.7 Å². The van der Waals surface area contributed by atoms with E-state index in [1.165, 1.54) is 18.5 Å². The van der Waals surface area contributed by atoms with Crippen molar-refractivity contribution in [1.29, 1.82) is 0 Å². The minimum absolute atomic E-state index is 0.438. The number of nitrogens with zero attached hydrogens (tertiary/aromatic N) is 3. The van der Waals surface area contributed by atoms with Crippen LogP contribution >= 0.6 is 0 Å². The minimum Gasteiger partial charge on any atom is -0.236 e. The van der Waals surface area contributed by atoms with Crippen LogP contribution in [0.25, 0.3) is 38.6 Å². The van der Waals surface area contributed by atoms with Crippen LogP contribution in [0.2, 0.25) is 0 Å². The summed E-state index contributed by atoms with van der Waals surface area (Å²) >= 11 is 0. The Labute approximate surface area is 182 Å². The highest BCUT2D eigenvalue weighted by Crippen LogP contribution is 2.37. The highest BCUT2D eigenvalue weighted by molar-refractivity contribution is 5.93. The van der Waals surface area contributed by atoms with E-state index in [-0.39, 0.29) is 0 Å². The Hall–Kier alpha value is -3.80. The van der Waals surface area contributed by atoms with Crippen molar-refractivity contribution in [2.45, 2.75) is 20.0 Å². The van der Waals surface area contributed by atoms with Gasteiger partial charge in [0.2, 0.25) is 5.69 Å². The molecule has 6 heteroatoms. The molecule has 0 saturated carbocycles. The number of halogens is 3. The molecule has 32 heavy (non-hydrogen) atoms. The molecule has 0 aliphatic carbocycles. The summed E-state index contributed by atoms with van der Waals surface area (Å²) in [6, 6.07) is 19.5. The first-order chi connectivity index (χ1) is 15.3. The molecule has 0 aliphatic rings. The molecule has 5 aromatic rings. The number of hydrogen-bond donors (Lipinski definition) is 0. The van der Waals surface area contributed by atoms with Gasteiger partial charge in [0.1, 0.15) is 6.33 Å². The average molecular weight is 430 g/mol. The fraction of sp³-hybridized carbons (Fsp3) is 0.115. The Morgan fingerprint density at radius 1 is 0.812 bits per heavy atom. The van der Waals surface area contributed by atoms with Crippen LogP contribution in [0.15, 0.2) is 79.3 Å². The van der Waals surface area contributed by atoms with Gasteiger partial charge < -0.3 is 0 Å². The maximum Gasteiger partial charge on any atom is 0.416 e. The Morgan fingerprint density at radius 2 is 1.53 bits per heavy atom. The van der Waals surface area contributed by atoms with E-state index >= 15 is 0 Å². The van der Waals surface area contributed by atoms with Crippen LogP contribution in [-0.4, -0.2) is 9.97 Å². The van der Waals surface area contributed by atoms with Crippen molar-refractivity contribution in [3.63, 3.8) is 0 Å². The van der Waals surface area contributed by atoms with Gasteiger partial charge in [-0.1, -0.05) is 36.4 Å². The first kappa shape index (κ1) is 20.1. The summed E-state index contributed by atoms with van der Waals surface area (Å²) in [5.74, 6) is 0. The van der Waals surface area contributed by atoms with Gasteiger partial charge in [0.25, 0.3) is 0 Å². The number of benzene rings is 3. The third-order valence-corrected chi connectivity index (χ3v) is 5.77. The highest BCUT2D eigenvalue weighted by Gasteiger charge is 2.34. The molecular weight excluding hydrogens is 411 g/mol. The van der Waals surface area contributed by atoms with Gasteiger partial charge in [-0.3, -0.25) is 0 Å². The first-order valence-electron chi connectivity index (χ1n) is 10.2. The zero-order chi connectivity index (χ0) is 22.5. The smallest absolute Gasteiger partial charge is 0.236 e. The van der Waals surface area contributed by atoms with Gasteiger partial charge in [-0.25, -0.2) is 9.97 Å². The quantitative estimate of drug-likeness (QED) is 0.305. The molecule has 0 bridgehead atoms. The SMILES string of the molecule is Cc1c(-c2ncnc3ccccc23)cc(C(F)(F)F)cc1-[n+]1cc2ccccc2cc1C. The van der Waals surface area contributed by atoms with Crippen molar-refractivity contribution in [3.8, 4) is 16.9 Å². The van der Waals surface area contributed by atoms with Gasteiger partial charge in [0.15, 0.2) is 11.9 Å². The van der Waals surface area contributed by atoms with Gasteiger partial charge >= 0.3 is 6.18 Å². The molecule has 0 aliphatic heterocycles. The number of alkyl halides is 3. The van der Waals surface area contributed by atoms with Gasteiger partial charge in [-0.05, 0) is 30.5 Å². The number of rotatable bonds is 2. The van der Waals surface area contributed by atoms with Crippen LogP contribution in [0.3, 0.4) is 0 Å². The topological polar surface area (TPSA) is 29.7 Å². The van der Waals surface area contributed by atoms with Crippen LogP contribution in [0.1, 0.15) is 16.8 Å². The van der Waals surface area contributed by atoms with E-state index in [9.17, 15) is 13.2 Å². The lowest BCUT2D eigenvalue weighted by atomic mass is 9.96. The number of fused-ring (bicyclic) bond motifs is 2. The van der Waals surface area contributed by atoms with Crippen LogP contribution in [0.5, 0.6) is 0 Å². The first-order valence-corrected chi connectivity index (χ1v) is 10.2. The molecule has 5 rings (SSSR count). The predicted octanol–water partition coefficient (Wildman–Crippen LogP) is 6.36. The second-order valence-electron chi connectivity index (χ2n) is 7.82. The molecule has 0 unspecified atom stereocenters. The van der Waals surface area contributed by atoms with Gasteiger partial charge in [0.05, 0.1) is 16.8 Å². The molecule has 2 aromatic heterocycles. The molecule has 0 spiro atoms. The van der Waals surface area contributed by atoms with Gasteiger partial charge in [-0.15, -0.1) is 0 Å². The van der Waals surface area contributed by atoms with E-state index in [2.05, 4.69) is 9.97 Å². The molecule has 0 atom stereocenters. The van der Waals surface area contributed by atoms with Crippen LogP contribution < -0.4 is 4.57 Å². The fourth-order valence-electron chi connectivity index (χ4n) is 4.13. The lowest BCUT2D eigenvalue weighted by Gasteiger charge is -2.15. The number of para-hydroxylation sites is 1. The molecule has 0 fully saturated rings. The van der Waals surface area contributed by atoms with Crippen molar-refractivity contribution in [2.24, 2.45) is 0 Å². The van der Waals surface area contributed by atoms with Gasteiger partial charge in [-0.2, -0.15) is 17.7 Å². The summed E-state index contributed by atoms with van der Waals surface area (Å²) in [7, 11) is 0. The third-order valence-electron chi connectivity index (χ3n) is 5.77. The highest BCUT2D eigenvalue weighted by atomic mass is 19.4. The summed E-state index contributed by atoms with van der Waals surface area (Å²) in [5, 5.41) is 2.69. The molecule has 0 saturated heterocycles. The Balaban J connectivity index is 1.84. The van der Waals surface area contributed by atoms with E-state index in [1.807, 2.05) is 79.2 Å². The Morgan fingerprint density at radius 3 is 2.31 bits per heavy atom. The monoisotopic (exact) mass is 430 g/mol. The summed E-state index contributed by atoms with van der Waals surface area (Å²) in [6.07, 6.45) is -1.22. The predicted molar refractivity (Wildman–Crippen MR) is 118 cm³/mol. The standard InChI is InChI=1S/C26H19F3N3/c1-16-11-18-7-3-4-8-19(18)14-32(16)24-13-20(26(27,28)29)12-22(17(24)2)25-21-9-5-6-10-23(21)30-15-31-25/h3-15H,1-2H3/q+1. The molecule has 158 valence electrons. The molecule has 3 nitrogen and oxygen atoms in total. The second kappa shape index (κ2) is 7.41. The fourth-order valence-corrected chi connectivity index (χ4v) is 4.13. The zero-order valence-electron chi connectivity index (χ0n) is 17.5.